The molecule has 0 saturated heterocycles. The Hall–Kier alpha value is -2.43. The molecule has 1 aromatic heterocycles. The minimum absolute atomic E-state index is 0.603. The molecule has 0 unspecified atom stereocenters. The second-order valence-corrected chi connectivity index (χ2v) is 7.27. The largest absolute Gasteiger partial charge is 0.481 e. The van der Waals surface area contributed by atoms with E-state index in [-0.39, 0.29) is 0 Å². The van der Waals surface area contributed by atoms with E-state index in [0.717, 1.165) is 34.0 Å². The Kier molecular flexibility index (Phi) is 5.37. The molecule has 0 spiro atoms. The Labute approximate surface area is 168 Å². The zero-order valence-corrected chi connectivity index (χ0v) is 16.4. The summed E-state index contributed by atoms with van der Waals surface area (Å²) in [6.07, 6.45) is 1.82. The van der Waals surface area contributed by atoms with Gasteiger partial charge in [-0.2, -0.15) is 0 Å². The summed E-state index contributed by atoms with van der Waals surface area (Å²) in [6, 6.07) is 20.4. The highest BCUT2D eigenvalue weighted by atomic mass is 35.5. The quantitative estimate of drug-likeness (QED) is 0.524. The van der Waals surface area contributed by atoms with E-state index in [1.807, 2.05) is 36.5 Å². The summed E-state index contributed by atoms with van der Waals surface area (Å²) >= 11 is 8.22. The molecule has 1 radical (unpaired) electrons. The number of nitrogens with zero attached hydrogens (tertiary/aromatic N) is 2. The van der Waals surface area contributed by atoms with Gasteiger partial charge in [-0.1, -0.05) is 48.0 Å². The molecule has 0 aliphatic carbocycles. The number of halogens is 1. The van der Waals surface area contributed by atoms with Crippen LogP contribution in [0.5, 0.6) is 5.88 Å². The molecule has 0 atom stereocenters. The molecule has 2 heterocycles. The first-order chi connectivity index (χ1) is 13.2. The summed E-state index contributed by atoms with van der Waals surface area (Å²) < 4.78 is 5.14. The van der Waals surface area contributed by atoms with Gasteiger partial charge >= 0.3 is 0 Å². The van der Waals surface area contributed by atoms with Gasteiger partial charge in [0.25, 0.3) is 0 Å². The van der Waals surface area contributed by atoms with E-state index in [1.165, 1.54) is 5.56 Å². The summed E-state index contributed by atoms with van der Waals surface area (Å²) in [6.45, 7) is 0.810. The first-order valence-corrected chi connectivity index (χ1v) is 9.86. The summed E-state index contributed by atoms with van der Waals surface area (Å²) in [7, 11) is 1.62. The number of methoxy groups -OCH3 is 1. The van der Waals surface area contributed by atoms with Crippen molar-refractivity contribution in [2.24, 2.45) is 0 Å². The number of pyridine rings is 1. The number of benzene rings is 2. The van der Waals surface area contributed by atoms with Gasteiger partial charge in [-0.25, -0.2) is 4.98 Å². The molecular formula is C22H18ClN2OS. The number of hydrogen-bond acceptors (Lipinski definition) is 4. The second-order valence-electron chi connectivity index (χ2n) is 6.14. The van der Waals surface area contributed by atoms with E-state index in [2.05, 4.69) is 51.5 Å². The molecule has 0 fully saturated rings. The molecule has 0 N–H and O–H groups in total. The first kappa shape index (κ1) is 18.0. The van der Waals surface area contributed by atoms with Gasteiger partial charge in [-0.15, -0.1) is 11.8 Å². The van der Waals surface area contributed by atoms with E-state index in [4.69, 9.17) is 16.3 Å². The summed E-state index contributed by atoms with van der Waals surface area (Å²) in [5.41, 5.74) is 5.48. The lowest BCUT2D eigenvalue weighted by Gasteiger charge is -2.22. The van der Waals surface area contributed by atoms with Crippen molar-refractivity contribution < 1.29 is 4.74 Å². The van der Waals surface area contributed by atoms with Crippen molar-refractivity contribution in [3.05, 3.63) is 94.3 Å². The molecule has 0 bridgehead atoms. The normalized spacial score (nSPS) is 13.6. The number of rotatable bonds is 5. The summed E-state index contributed by atoms with van der Waals surface area (Å²) in [5, 5.41) is 2.88. The molecule has 0 saturated carbocycles. The van der Waals surface area contributed by atoms with Crippen molar-refractivity contribution in [2.75, 3.05) is 7.11 Å². The van der Waals surface area contributed by atoms with Gasteiger partial charge in [0.2, 0.25) is 5.88 Å². The Bertz CT molecular complexity index is 958. The Morgan fingerprint density at radius 1 is 1.04 bits per heavy atom. The van der Waals surface area contributed by atoms with Gasteiger partial charge < -0.3 is 9.64 Å². The average molecular weight is 394 g/mol. The number of ether oxygens (including phenoxy) is 1. The van der Waals surface area contributed by atoms with Crippen LogP contribution in [-0.2, 0) is 6.54 Å². The molecule has 2 aromatic carbocycles. The summed E-state index contributed by atoms with van der Waals surface area (Å²) in [4.78, 5) is 6.54. The number of hydrogen-bond donors (Lipinski definition) is 0. The Morgan fingerprint density at radius 3 is 2.59 bits per heavy atom. The van der Waals surface area contributed by atoms with Crippen molar-refractivity contribution in [3.8, 4) is 17.0 Å². The maximum Gasteiger partial charge on any atom is 0.212 e. The molecule has 3 nitrogen and oxygen atoms in total. The van der Waals surface area contributed by atoms with Crippen molar-refractivity contribution in [1.29, 1.82) is 0 Å². The van der Waals surface area contributed by atoms with Crippen LogP contribution in [0.2, 0.25) is 5.02 Å². The van der Waals surface area contributed by atoms with E-state index in [0.29, 0.717) is 5.88 Å². The van der Waals surface area contributed by atoms with Gasteiger partial charge in [0.15, 0.2) is 0 Å². The Balaban J connectivity index is 1.64. The third-order valence-corrected chi connectivity index (χ3v) is 5.46. The van der Waals surface area contributed by atoms with Crippen LogP contribution >= 0.6 is 23.4 Å². The fraction of sp³-hybridized carbons (Fsp3) is 0.0909. The van der Waals surface area contributed by atoms with E-state index >= 15 is 0 Å². The van der Waals surface area contributed by atoms with E-state index in [1.54, 1.807) is 18.9 Å². The van der Waals surface area contributed by atoms with Crippen LogP contribution in [0.3, 0.4) is 0 Å². The molecule has 27 heavy (non-hydrogen) atoms. The van der Waals surface area contributed by atoms with E-state index in [9.17, 15) is 0 Å². The molecule has 3 aromatic rings. The molecular weight excluding hydrogens is 376 g/mol. The molecule has 1 aliphatic rings. The maximum absolute atomic E-state index is 6.55. The molecule has 0 amide bonds. The fourth-order valence-corrected chi connectivity index (χ4v) is 3.99. The number of aromatic nitrogens is 1. The highest BCUT2D eigenvalue weighted by molar-refractivity contribution is 8.04. The third kappa shape index (κ3) is 3.97. The van der Waals surface area contributed by atoms with Crippen LogP contribution in [0.15, 0.2) is 72.3 Å². The topological polar surface area (TPSA) is 25.4 Å². The van der Waals surface area contributed by atoms with Crippen LogP contribution < -0.4 is 4.74 Å². The van der Waals surface area contributed by atoms with Gasteiger partial charge in [-0.05, 0) is 34.7 Å². The van der Waals surface area contributed by atoms with Gasteiger partial charge in [-0.3, -0.25) is 0 Å². The lowest BCUT2D eigenvalue weighted by Crippen LogP contribution is -2.14. The standard InChI is InChI=1S/C22H18ClN2OS/c1-26-22-10-8-18(12-24-22)17-7-9-20(23)19(11-17)21-14-27-15-25(21)13-16-5-3-2-4-6-16/h2-12,14-15H,13H2,1H3. The van der Waals surface area contributed by atoms with Crippen LogP contribution in [-0.4, -0.2) is 17.0 Å². The summed E-state index contributed by atoms with van der Waals surface area (Å²) in [5.74, 6) is 2.73. The van der Waals surface area contributed by atoms with Crippen LogP contribution in [0.25, 0.3) is 16.8 Å². The first-order valence-electron chi connectivity index (χ1n) is 8.54. The maximum atomic E-state index is 6.55. The smallest absolute Gasteiger partial charge is 0.212 e. The average Bonchev–Trinajstić information content (AvgIpc) is 3.17. The Morgan fingerprint density at radius 2 is 1.85 bits per heavy atom. The van der Waals surface area contributed by atoms with Crippen molar-refractivity contribution in [1.82, 2.24) is 9.88 Å². The van der Waals surface area contributed by atoms with Crippen molar-refractivity contribution in [2.45, 2.75) is 6.54 Å². The monoisotopic (exact) mass is 393 g/mol. The van der Waals surface area contributed by atoms with Gasteiger partial charge in [0.1, 0.15) is 5.88 Å². The predicted molar refractivity (Wildman–Crippen MR) is 113 cm³/mol. The van der Waals surface area contributed by atoms with Crippen LogP contribution in [0, 0.1) is 5.88 Å². The zero-order chi connectivity index (χ0) is 18.6. The van der Waals surface area contributed by atoms with Crippen molar-refractivity contribution in [3.63, 3.8) is 0 Å². The van der Waals surface area contributed by atoms with E-state index < -0.39 is 0 Å². The predicted octanol–water partition coefficient (Wildman–Crippen LogP) is 6.08. The second kappa shape index (κ2) is 8.07. The zero-order valence-electron chi connectivity index (χ0n) is 14.8. The minimum atomic E-state index is 0.603. The lowest BCUT2D eigenvalue weighted by molar-refractivity contribution is 0.398. The van der Waals surface area contributed by atoms with Crippen molar-refractivity contribution >= 4 is 29.1 Å². The SMILES string of the molecule is COc1ccc(-c2ccc(Cl)c(C3=CS[CH]N3Cc3ccccc3)c2)cn1. The number of thioether (sulfide) groups is 1. The molecule has 5 heteroatoms. The molecule has 4 rings (SSSR count). The van der Waals surface area contributed by atoms with Crippen LogP contribution in [0.1, 0.15) is 11.1 Å². The van der Waals surface area contributed by atoms with Gasteiger partial charge in [0, 0.05) is 35.0 Å². The van der Waals surface area contributed by atoms with Crippen LogP contribution in [0.4, 0.5) is 0 Å². The third-order valence-electron chi connectivity index (χ3n) is 4.39. The fourth-order valence-electron chi connectivity index (χ4n) is 2.99. The molecule has 1 aliphatic heterocycles. The lowest BCUT2D eigenvalue weighted by atomic mass is 10.0. The minimum Gasteiger partial charge on any atom is -0.481 e. The highest BCUT2D eigenvalue weighted by Gasteiger charge is 2.21. The highest BCUT2D eigenvalue weighted by Crippen LogP contribution is 2.39. The molecule has 135 valence electrons. The van der Waals surface area contributed by atoms with Gasteiger partial charge in [0.05, 0.1) is 12.8 Å².